The molecular formula is C23H16ClN5O3S. The fourth-order valence-electron chi connectivity index (χ4n) is 3.49. The van der Waals surface area contributed by atoms with Gasteiger partial charge in [0.2, 0.25) is 15.8 Å². The first-order valence-corrected chi connectivity index (χ1v) is 11.7. The van der Waals surface area contributed by atoms with E-state index in [1.807, 2.05) is 30.3 Å². The number of benzene rings is 2. The number of para-hydroxylation sites is 1. The summed E-state index contributed by atoms with van der Waals surface area (Å²) >= 11 is 5.89. The van der Waals surface area contributed by atoms with Gasteiger partial charge in [0.1, 0.15) is 5.65 Å². The quantitative estimate of drug-likeness (QED) is 0.415. The van der Waals surface area contributed by atoms with Crippen LogP contribution in [0.4, 0.5) is 11.6 Å². The van der Waals surface area contributed by atoms with E-state index in [-0.39, 0.29) is 26.8 Å². The van der Waals surface area contributed by atoms with Crippen molar-refractivity contribution in [2.75, 3.05) is 5.32 Å². The molecule has 2 aromatic carbocycles. The number of nitrogens with one attached hydrogen (secondary N) is 1. The standard InChI is InChI=1S/C23H16ClN5O3S/c1-29-21(30)11-20(33(31,32)17-8-6-15(24)7-9-17)18-13-26-23(28-22(18)29)27-16-10-14-4-2-3-5-19(14)25-12-16/h2-13H,1H3,(H,26,27,28). The lowest BCUT2D eigenvalue weighted by atomic mass is 10.2. The lowest BCUT2D eigenvalue weighted by molar-refractivity contribution is 0.596. The normalized spacial score (nSPS) is 11.7. The summed E-state index contributed by atoms with van der Waals surface area (Å²) in [7, 11) is -2.47. The summed E-state index contributed by atoms with van der Waals surface area (Å²) in [5.74, 6) is 0.204. The van der Waals surface area contributed by atoms with Crippen LogP contribution in [0.1, 0.15) is 0 Å². The van der Waals surface area contributed by atoms with Crippen molar-refractivity contribution in [1.82, 2.24) is 19.5 Å². The SMILES string of the molecule is Cn1c(=O)cc(S(=O)(=O)c2ccc(Cl)cc2)c2cnc(Nc3cnc4ccccc4c3)nc21. The molecule has 0 saturated carbocycles. The van der Waals surface area contributed by atoms with Crippen LogP contribution in [-0.2, 0) is 16.9 Å². The van der Waals surface area contributed by atoms with E-state index >= 15 is 0 Å². The van der Waals surface area contributed by atoms with Gasteiger partial charge in [-0.15, -0.1) is 0 Å². The molecule has 33 heavy (non-hydrogen) atoms. The van der Waals surface area contributed by atoms with Gasteiger partial charge in [-0.2, -0.15) is 4.98 Å². The van der Waals surface area contributed by atoms with Gasteiger partial charge in [-0.1, -0.05) is 29.8 Å². The van der Waals surface area contributed by atoms with Crippen molar-refractivity contribution in [1.29, 1.82) is 0 Å². The highest BCUT2D eigenvalue weighted by atomic mass is 35.5. The molecule has 3 heterocycles. The molecule has 5 rings (SSSR count). The predicted molar refractivity (Wildman–Crippen MR) is 127 cm³/mol. The average Bonchev–Trinajstić information content (AvgIpc) is 2.81. The maximum Gasteiger partial charge on any atom is 0.253 e. The van der Waals surface area contributed by atoms with E-state index in [0.29, 0.717) is 10.7 Å². The zero-order valence-electron chi connectivity index (χ0n) is 17.2. The molecule has 1 N–H and O–H groups in total. The van der Waals surface area contributed by atoms with Gasteiger partial charge in [0.05, 0.1) is 32.6 Å². The van der Waals surface area contributed by atoms with E-state index in [1.54, 1.807) is 6.20 Å². The smallest absolute Gasteiger partial charge is 0.253 e. The molecule has 0 unspecified atom stereocenters. The molecule has 0 aliphatic carbocycles. The highest BCUT2D eigenvalue weighted by molar-refractivity contribution is 7.91. The van der Waals surface area contributed by atoms with Gasteiger partial charge in [-0.05, 0) is 36.4 Å². The van der Waals surface area contributed by atoms with Crippen molar-refractivity contribution in [3.8, 4) is 0 Å². The third kappa shape index (κ3) is 3.81. The second-order valence-corrected chi connectivity index (χ2v) is 9.69. The molecule has 0 saturated heterocycles. The number of fused-ring (bicyclic) bond motifs is 2. The van der Waals surface area contributed by atoms with Crippen LogP contribution in [0.2, 0.25) is 5.02 Å². The molecule has 0 fully saturated rings. The van der Waals surface area contributed by atoms with Gasteiger partial charge in [0.15, 0.2) is 0 Å². The van der Waals surface area contributed by atoms with E-state index in [0.717, 1.165) is 17.0 Å². The molecule has 0 aliphatic heterocycles. The van der Waals surface area contributed by atoms with E-state index in [9.17, 15) is 13.2 Å². The first-order chi connectivity index (χ1) is 15.8. The Morgan fingerprint density at radius 3 is 2.52 bits per heavy atom. The van der Waals surface area contributed by atoms with E-state index in [4.69, 9.17) is 11.6 Å². The Hall–Kier alpha value is -3.82. The number of halogens is 1. The van der Waals surface area contributed by atoms with Gasteiger partial charge in [0.25, 0.3) is 5.56 Å². The molecule has 8 nitrogen and oxygen atoms in total. The highest BCUT2D eigenvalue weighted by Crippen LogP contribution is 2.28. The zero-order valence-corrected chi connectivity index (χ0v) is 18.8. The highest BCUT2D eigenvalue weighted by Gasteiger charge is 2.23. The first-order valence-electron chi connectivity index (χ1n) is 9.82. The minimum atomic E-state index is -4.00. The number of anilines is 2. The van der Waals surface area contributed by atoms with Crippen LogP contribution in [0.3, 0.4) is 0 Å². The Kier molecular flexibility index (Phi) is 5.07. The van der Waals surface area contributed by atoms with Crippen LogP contribution in [0.5, 0.6) is 0 Å². The monoisotopic (exact) mass is 477 g/mol. The molecule has 3 aromatic heterocycles. The molecule has 5 aromatic rings. The molecular weight excluding hydrogens is 462 g/mol. The molecule has 0 radical (unpaired) electrons. The maximum atomic E-state index is 13.3. The summed E-state index contributed by atoms with van der Waals surface area (Å²) in [6.07, 6.45) is 3.04. The van der Waals surface area contributed by atoms with Gasteiger partial charge in [0, 0.05) is 29.7 Å². The topological polar surface area (TPSA) is 107 Å². The zero-order chi connectivity index (χ0) is 23.2. The Bertz CT molecular complexity index is 1700. The van der Waals surface area contributed by atoms with E-state index < -0.39 is 15.4 Å². The molecule has 10 heteroatoms. The number of rotatable bonds is 4. The third-order valence-electron chi connectivity index (χ3n) is 5.20. The van der Waals surface area contributed by atoms with Crippen molar-refractivity contribution in [2.45, 2.75) is 9.79 Å². The summed E-state index contributed by atoms with van der Waals surface area (Å²) in [4.78, 5) is 25.5. The van der Waals surface area contributed by atoms with Crippen LogP contribution >= 0.6 is 11.6 Å². The Morgan fingerprint density at radius 2 is 1.73 bits per heavy atom. The number of nitrogens with zero attached hydrogens (tertiary/aromatic N) is 4. The molecule has 0 bridgehead atoms. The first kappa shape index (κ1) is 21.0. The summed E-state index contributed by atoms with van der Waals surface area (Å²) < 4.78 is 27.8. The van der Waals surface area contributed by atoms with Gasteiger partial charge >= 0.3 is 0 Å². The van der Waals surface area contributed by atoms with Crippen molar-refractivity contribution in [3.63, 3.8) is 0 Å². The van der Waals surface area contributed by atoms with Crippen molar-refractivity contribution in [2.24, 2.45) is 7.05 Å². The minimum Gasteiger partial charge on any atom is -0.323 e. The van der Waals surface area contributed by atoms with Gasteiger partial charge < -0.3 is 5.32 Å². The fourth-order valence-corrected chi connectivity index (χ4v) is 5.05. The second-order valence-electron chi connectivity index (χ2n) is 7.34. The number of hydrogen-bond acceptors (Lipinski definition) is 7. The molecule has 0 amide bonds. The number of pyridine rings is 2. The Balaban J connectivity index is 1.61. The lowest BCUT2D eigenvalue weighted by Crippen LogP contribution is -2.20. The largest absolute Gasteiger partial charge is 0.323 e. The van der Waals surface area contributed by atoms with Crippen LogP contribution in [0, 0.1) is 0 Å². The number of hydrogen-bond donors (Lipinski definition) is 1. The minimum absolute atomic E-state index is 0.0193. The summed E-state index contributed by atoms with van der Waals surface area (Å²) in [6, 6.07) is 16.4. The lowest BCUT2D eigenvalue weighted by Gasteiger charge is -2.12. The number of sulfone groups is 1. The van der Waals surface area contributed by atoms with Gasteiger partial charge in [-0.25, -0.2) is 13.4 Å². The third-order valence-corrected chi connectivity index (χ3v) is 7.26. The van der Waals surface area contributed by atoms with Crippen molar-refractivity contribution in [3.05, 3.63) is 88.4 Å². The summed E-state index contributed by atoms with van der Waals surface area (Å²) in [5, 5.41) is 4.64. The van der Waals surface area contributed by atoms with Crippen molar-refractivity contribution < 1.29 is 8.42 Å². The molecule has 0 aliphatic rings. The maximum absolute atomic E-state index is 13.3. The number of aryl methyl sites for hydroxylation is 1. The van der Waals surface area contributed by atoms with Crippen molar-refractivity contribution >= 4 is 55.0 Å². The van der Waals surface area contributed by atoms with Gasteiger partial charge in [-0.3, -0.25) is 14.3 Å². The van der Waals surface area contributed by atoms with E-state index in [1.165, 1.54) is 42.1 Å². The van der Waals surface area contributed by atoms with Crippen LogP contribution < -0.4 is 10.9 Å². The number of aromatic nitrogens is 4. The van der Waals surface area contributed by atoms with Crippen LogP contribution in [0.15, 0.2) is 87.6 Å². The van der Waals surface area contributed by atoms with E-state index in [2.05, 4.69) is 20.3 Å². The second kappa shape index (κ2) is 7.95. The van der Waals surface area contributed by atoms with Crippen LogP contribution in [0.25, 0.3) is 21.9 Å². The summed E-state index contributed by atoms with van der Waals surface area (Å²) in [5.41, 5.74) is 1.18. The average molecular weight is 478 g/mol. The molecule has 0 spiro atoms. The fraction of sp³-hybridized carbons (Fsp3) is 0.0435. The Morgan fingerprint density at radius 1 is 0.970 bits per heavy atom. The molecule has 0 atom stereocenters. The Labute approximate surface area is 193 Å². The summed E-state index contributed by atoms with van der Waals surface area (Å²) in [6.45, 7) is 0. The predicted octanol–water partition coefficient (Wildman–Crippen LogP) is 4.11. The van der Waals surface area contributed by atoms with Crippen LogP contribution in [-0.4, -0.2) is 27.9 Å². The molecule has 164 valence electrons.